The third kappa shape index (κ3) is 4.00. The maximum absolute atomic E-state index is 13.3. The van der Waals surface area contributed by atoms with Crippen LogP contribution in [-0.4, -0.2) is 45.1 Å². The molecule has 33 heavy (non-hydrogen) atoms. The fourth-order valence-corrected chi connectivity index (χ4v) is 4.82. The maximum Gasteiger partial charge on any atom is 0.293 e. The van der Waals surface area contributed by atoms with Gasteiger partial charge in [-0.2, -0.15) is 5.10 Å². The molecule has 0 atom stereocenters. The number of hydrogen-bond acceptors (Lipinski definition) is 7. The average molecular weight is 464 g/mol. The number of carbonyl (C=O) groups is 2. The van der Waals surface area contributed by atoms with Crippen molar-refractivity contribution in [1.29, 1.82) is 0 Å². The van der Waals surface area contributed by atoms with E-state index in [9.17, 15) is 9.59 Å². The number of aryl methyl sites for hydroxylation is 1. The number of nitrogens with zero attached hydrogens (tertiary/aromatic N) is 4. The number of thiazole rings is 1. The molecule has 4 heterocycles. The van der Waals surface area contributed by atoms with Gasteiger partial charge in [0, 0.05) is 30.5 Å². The summed E-state index contributed by atoms with van der Waals surface area (Å²) in [6.45, 7) is 0.966. The second-order valence-electron chi connectivity index (χ2n) is 7.54. The highest BCUT2D eigenvalue weighted by molar-refractivity contribution is 7.15. The highest BCUT2D eigenvalue weighted by Crippen LogP contribution is 2.31. The van der Waals surface area contributed by atoms with E-state index in [1.165, 1.54) is 17.6 Å². The van der Waals surface area contributed by atoms with Crippen LogP contribution in [0.2, 0.25) is 0 Å². The molecule has 0 aliphatic carbocycles. The molecule has 0 radical (unpaired) electrons. The van der Waals surface area contributed by atoms with Crippen LogP contribution < -0.4 is 10.1 Å². The fraction of sp³-hybridized carbons (Fsp3) is 0.217. The number of benzene rings is 1. The van der Waals surface area contributed by atoms with Crippen molar-refractivity contribution in [2.45, 2.75) is 13.0 Å². The standard InChI is InChI=1S/C23H21N5O4S/c1-27-17(12-16(26-27)14-6-3-4-7-18(14)31-2)22(30)28-10-9-15-20(13-28)33-23(24-15)25-21(29)19-8-5-11-32-19/h3-8,11-12H,9-10,13H2,1-2H3,(H,24,25,29). The summed E-state index contributed by atoms with van der Waals surface area (Å²) in [5.41, 5.74) is 2.90. The number of para-hydroxylation sites is 1. The van der Waals surface area contributed by atoms with Gasteiger partial charge in [-0.3, -0.25) is 19.6 Å². The Morgan fingerprint density at radius 1 is 1.21 bits per heavy atom. The number of hydrogen-bond donors (Lipinski definition) is 1. The van der Waals surface area contributed by atoms with E-state index in [1.54, 1.807) is 41.9 Å². The van der Waals surface area contributed by atoms with Gasteiger partial charge in [0.15, 0.2) is 10.9 Å². The van der Waals surface area contributed by atoms with E-state index in [1.807, 2.05) is 24.3 Å². The number of ether oxygens (including phenoxy) is 1. The number of carbonyl (C=O) groups excluding carboxylic acids is 2. The first-order chi connectivity index (χ1) is 16.0. The van der Waals surface area contributed by atoms with Crippen molar-refractivity contribution in [3.63, 3.8) is 0 Å². The number of rotatable bonds is 5. The third-order valence-corrected chi connectivity index (χ3v) is 6.46. The molecular weight excluding hydrogens is 442 g/mol. The Balaban J connectivity index is 1.33. The van der Waals surface area contributed by atoms with Crippen LogP contribution in [0.4, 0.5) is 5.13 Å². The van der Waals surface area contributed by atoms with Gasteiger partial charge in [0.25, 0.3) is 11.8 Å². The SMILES string of the molecule is COc1ccccc1-c1cc(C(=O)N2CCc3nc(NC(=O)c4ccco4)sc3C2)n(C)n1. The van der Waals surface area contributed by atoms with Crippen molar-refractivity contribution >= 4 is 28.3 Å². The van der Waals surface area contributed by atoms with E-state index < -0.39 is 0 Å². The van der Waals surface area contributed by atoms with Gasteiger partial charge in [0.2, 0.25) is 0 Å². The number of amides is 2. The third-order valence-electron chi connectivity index (χ3n) is 5.47. The summed E-state index contributed by atoms with van der Waals surface area (Å²) in [6, 6.07) is 12.6. The van der Waals surface area contributed by atoms with Crippen molar-refractivity contribution in [2.75, 3.05) is 19.0 Å². The minimum atomic E-state index is -0.349. The van der Waals surface area contributed by atoms with Gasteiger partial charge < -0.3 is 14.1 Å². The summed E-state index contributed by atoms with van der Waals surface area (Å²) >= 11 is 1.37. The van der Waals surface area contributed by atoms with E-state index >= 15 is 0 Å². The predicted octanol–water partition coefficient (Wildman–Crippen LogP) is 3.60. The van der Waals surface area contributed by atoms with E-state index in [4.69, 9.17) is 9.15 Å². The minimum Gasteiger partial charge on any atom is -0.496 e. The molecule has 1 aliphatic heterocycles. The molecule has 0 saturated carbocycles. The number of fused-ring (bicyclic) bond motifs is 1. The lowest BCUT2D eigenvalue weighted by atomic mass is 10.1. The molecule has 0 spiro atoms. The zero-order chi connectivity index (χ0) is 22.9. The molecule has 0 saturated heterocycles. The first-order valence-corrected chi connectivity index (χ1v) is 11.2. The highest BCUT2D eigenvalue weighted by Gasteiger charge is 2.28. The average Bonchev–Trinajstić information content (AvgIpc) is 3.57. The van der Waals surface area contributed by atoms with Crippen LogP contribution in [0.15, 0.2) is 53.1 Å². The van der Waals surface area contributed by atoms with Crippen LogP contribution >= 0.6 is 11.3 Å². The van der Waals surface area contributed by atoms with Crippen molar-refractivity contribution in [1.82, 2.24) is 19.7 Å². The van der Waals surface area contributed by atoms with Crippen LogP contribution in [0.5, 0.6) is 5.75 Å². The predicted molar refractivity (Wildman–Crippen MR) is 122 cm³/mol. The van der Waals surface area contributed by atoms with E-state index in [2.05, 4.69) is 15.4 Å². The Kier molecular flexibility index (Phi) is 5.43. The monoisotopic (exact) mass is 463 g/mol. The van der Waals surface area contributed by atoms with Gasteiger partial charge in [-0.25, -0.2) is 4.98 Å². The Bertz CT molecular complexity index is 1320. The molecule has 9 nitrogen and oxygen atoms in total. The summed E-state index contributed by atoms with van der Waals surface area (Å²) in [7, 11) is 3.37. The number of methoxy groups -OCH3 is 1. The molecule has 1 aliphatic rings. The lowest BCUT2D eigenvalue weighted by Gasteiger charge is -2.25. The van der Waals surface area contributed by atoms with Crippen LogP contribution in [0.3, 0.4) is 0 Å². The summed E-state index contributed by atoms with van der Waals surface area (Å²) in [5.74, 6) is 0.470. The summed E-state index contributed by atoms with van der Waals surface area (Å²) < 4.78 is 12.2. The van der Waals surface area contributed by atoms with E-state index in [0.717, 1.165) is 16.1 Å². The second kappa shape index (κ2) is 8.55. The molecule has 168 valence electrons. The molecule has 0 fully saturated rings. The summed E-state index contributed by atoms with van der Waals surface area (Å²) in [4.78, 5) is 32.8. The molecule has 0 bridgehead atoms. The zero-order valence-corrected chi connectivity index (χ0v) is 18.9. The summed E-state index contributed by atoms with van der Waals surface area (Å²) in [6.07, 6.45) is 2.06. The number of aromatic nitrogens is 3. The van der Waals surface area contributed by atoms with Crippen LogP contribution in [-0.2, 0) is 20.0 Å². The zero-order valence-electron chi connectivity index (χ0n) is 18.1. The normalized spacial score (nSPS) is 13.0. The quantitative estimate of drug-likeness (QED) is 0.485. The summed E-state index contributed by atoms with van der Waals surface area (Å²) in [5, 5.41) is 7.79. The second-order valence-corrected chi connectivity index (χ2v) is 8.62. The Labute approximate surface area is 193 Å². The Morgan fingerprint density at radius 2 is 2.06 bits per heavy atom. The molecule has 10 heteroatoms. The van der Waals surface area contributed by atoms with Gasteiger partial charge >= 0.3 is 0 Å². The van der Waals surface area contributed by atoms with Crippen LogP contribution in [0.25, 0.3) is 11.3 Å². The molecule has 2 amide bonds. The highest BCUT2D eigenvalue weighted by atomic mass is 32.1. The van der Waals surface area contributed by atoms with Crippen molar-refractivity contribution < 1.29 is 18.7 Å². The maximum atomic E-state index is 13.3. The largest absolute Gasteiger partial charge is 0.496 e. The molecular formula is C23H21N5O4S. The number of anilines is 1. The smallest absolute Gasteiger partial charge is 0.293 e. The minimum absolute atomic E-state index is 0.105. The van der Waals surface area contributed by atoms with E-state index in [0.29, 0.717) is 41.8 Å². The van der Waals surface area contributed by atoms with Crippen molar-refractivity contribution in [3.8, 4) is 17.0 Å². The molecule has 1 aromatic carbocycles. The first-order valence-electron chi connectivity index (χ1n) is 10.3. The van der Waals surface area contributed by atoms with Crippen LogP contribution in [0.1, 0.15) is 31.6 Å². The van der Waals surface area contributed by atoms with Gasteiger partial charge in [0.05, 0.1) is 31.3 Å². The lowest BCUT2D eigenvalue weighted by molar-refractivity contribution is 0.0725. The molecule has 4 aromatic rings. The number of nitrogens with one attached hydrogen (secondary N) is 1. The van der Waals surface area contributed by atoms with Gasteiger partial charge in [-0.1, -0.05) is 23.5 Å². The first kappa shape index (κ1) is 21.0. The van der Waals surface area contributed by atoms with Gasteiger partial charge in [-0.05, 0) is 30.3 Å². The van der Waals surface area contributed by atoms with Gasteiger partial charge in [0.1, 0.15) is 11.4 Å². The van der Waals surface area contributed by atoms with E-state index in [-0.39, 0.29) is 17.6 Å². The Morgan fingerprint density at radius 3 is 2.85 bits per heavy atom. The lowest BCUT2D eigenvalue weighted by Crippen LogP contribution is -2.36. The Hall–Kier alpha value is -3.92. The van der Waals surface area contributed by atoms with Crippen molar-refractivity contribution in [3.05, 3.63) is 70.8 Å². The van der Waals surface area contributed by atoms with Gasteiger partial charge in [-0.15, -0.1) is 0 Å². The number of furan rings is 1. The van der Waals surface area contributed by atoms with Crippen molar-refractivity contribution in [2.24, 2.45) is 7.05 Å². The molecule has 0 unspecified atom stereocenters. The molecule has 1 N–H and O–H groups in total. The van der Waals surface area contributed by atoms with Crippen LogP contribution in [0, 0.1) is 0 Å². The fourth-order valence-electron chi connectivity index (χ4n) is 3.81. The molecule has 5 rings (SSSR count). The molecule has 3 aromatic heterocycles. The topological polar surface area (TPSA) is 102 Å².